The van der Waals surface area contributed by atoms with Crippen LogP contribution in [0.1, 0.15) is 61.9 Å². The normalized spacial score (nSPS) is 13.6. The molecule has 0 saturated carbocycles. The SMILES string of the molecule is CCOC(=O)CC(NC(=O)CCCCc1ccc2c(n1)NCCC2)c1cccnc1. The second-order valence-electron chi connectivity index (χ2n) is 7.46. The number of aromatic nitrogens is 2. The van der Waals surface area contributed by atoms with E-state index in [1.165, 1.54) is 5.56 Å². The Balaban J connectivity index is 1.46. The first-order valence-corrected chi connectivity index (χ1v) is 10.7. The average molecular weight is 411 g/mol. The molecule has 0 saturated heterocycles. The summed E-state index contributed by atoms with van der Waals surface area (Å²) in [6.07, 6.45) is 8.55. The van der Waals surface area contributed by atoms with Gasteiger partial charge in [0.2, 0.25) is 5.91 Å². The van der Waals surface area contributed by atoms with Crippen molar-refractivity contribution in [1.82, 2.24) is 15.3 Å². The highest BCUT2D eigenvalue weighted by Crippen LogP contribution is 2.21. The van der Waals surface area contributed by atoms with Crippen molar-refractivity contribution in [2.45, 2.75) is 57.9 Å². The molecule has 3 rings (SSSR count). The minimum Gasteiger partial charge on any atom is -0.466 e. The Morgan fingerprint density at radius 2 is 2.17 bits per heavy atom. The van der Waals surface area contributed by atoms with Gasteiger partial charge < -0.3 is 15.4 Å². The number of nitrogens with one attached hydrogen (secondary N) is 2. The Kier molecular flexibility index (Phi) is 8.18. The molecule has 3 heterocycles. The van der Waals surface area contributed by atoms with Gasteiger partial charge in [-0.1, -0.05) is 12.1 Å². The van der Waals surface area contributed by atoms with E-state index in [4.69, 9.17) is 9.72 Å². The van der Waals surface area contributed by atoms with Gasteiger partial charge in [-0.25, -0.2) is 4.98 Å². The van der Waals surface area contributed by atoms with Gasteiger partial charge in [-0.3, -0.25) is 14.6 Å². The van der Waals surface area contributed by atoms with Gasteiger partial charge >= 0.3 is 5.97 Å². The lowest BCUT2D eigenvalue weighted by Gasteiger charge is -2.18. The molecule has 1 aliphatic rings. The molecule has 160 valence electrons. The number of hydrogen-bond acceptors (Lipinski definition) is 6. The van der Waals surface area contributed by atoms with Gasteiger partial charge in [0.1, 0.15) is 5.82 Å². The second kappa shape index (κ2) is 11.3. The first-order valence-electron chi connectivity index (χ1n) is 10.7. The number of pyridine rings is 2. The molecule has 0 radical (unpaired) electrons. The maximum absolute atomic E-state index is 12.5. The van der Waals surface area contributed by atoms with Crippen LogP contribution in [0, 0.1) is 0 Å². The van der Waals surface area contributed by atoms with Crippen molar-refractivity contribution >= 4 is 17.7 Å². The number of esters is 1. The molecule has 2 N–H and O–H groups in total. The summed E-state index contributed by atoms with van der Waals surface area (Å²) in [7, 11) is 0. The highest BCUT2D eigenvalue weighted by molar-refractivity contribution is 5.78. The highest BCUT2D eigenvalue weighted by atomic mass is 16.5. The van der Waals surface area contributed by atoms with Crippen molar-refractivity contribution in [2.75, 3.05) is 18.5 Å². The zero-order chi connectivity index (χ0) is 21.2. The maximum atomic E-state index is 12.5. The zero-order valence-electron chi connectivity index (χ0n) is 17.5. The first-order chi connectivity index (χ1) is 14.7. The zero-order valence-corrected chi connectivity index (χ0v) is 17.5. The summed E-state index contributed by atoms with van der Waals surface area (Å²) in [6.45, 7) is 3.06. The summed E-state index contributed by atoms with van der Waals surface area (Å²) in [5.74, 6) is 0.599. The van der Waals surface area contributed by atoms with Crippen molar-refractivity contribution in [2.24, 2.45) is 0 Å². The number of ether oxygens (including phenoxy) is 1. The molecule has 30 heavy (non-hydrogen) atoms. The maximum Gasteiger partial charge on any atom is 0.308 e. The third-order valence-corrected chi connectivity index (χ3v) is 5.14. The summed E-state index contributed by atoms with van der Waals surface area (Å²) < 4.78 is 5.04. The van der Waals surface area contributed by atoms with E-state index in [-0.39, 0.29) is 18.3 Å². The fourth-order valence-electron chi connectivity index (χ4n) is 3.59. The predicted octanol–water partition coefficient (Wildman–Crippen LogP) is 3.36. The number of hydrogen-bond donors (Lipinski definition) is 2. The molecule has 0 aliphatic carbocycles. The number of unbranched alkanes of at least 4 members (excludes halogenated alkanes) is 1. The van der Waals surface area contributed by atoms with Gasteiger partial charge in [-0.2, -0.15) is 0 Å². The minimum atomic E-state index is -0.432. The van der Waals surface area contributed by atoms with Crippen molar-refractivity contribution in [3.05, 3.63) is 53.5 Å². The van der Waals surface area contributed by atoms with Crippen LogP contribution in [0.4, 0.5) is 5.82 Å². The van der Waals surface area contributed by atoms with Gasteiger partial charge in [-0.05, 0) is 62.3 Å². The van der Waals surface area contributed by atoms with Crippen LogP contribution in [0.2, 0.25) is 0 Å². The topological polar surface area (TPSA) is 93.2 Å². The molecule has 0 spiro atoms. The smallest absolute Gasteiger partial charge is 0.308 e. The van der Waals surface area contributed by atoms with Gasteiger partial charge in [-0.15, -0.1) is 0 Å². The van der Waals surface area contributed by atoms with Crippen LogP contribution in [-0.4, -0.2) is 35.0 Å². The molecule has 2 aromatic heterocycles. The third kappa shape index (κ3) is 6.54. The Bertz CT molecular complexity index is 842. The number of fused-ring (bicyclic) bond motifs is 1. The molecule has 7 nitrogen and oxygen atoms in total. The molecule has 0 fully saturated rings. The van der Waals surface area contributed by atoms with Gasteiger partial charge in [0.25, 0.3) is 0 Å². The van der Waals surface area contributed by atoms with Crippen molar-refractivity contribution in [1.29, 1.82) is 0 Å². The van der Waals surface area contributed by atoms with E-state index < -0.39 is 6.04 Å². The van der Waals surface area contributed by atoms with Crippen LogP contribution in [0.15, 0.2) is 36.7 Å². The lowest BCUT2D eigenvalue weighted by atomic mass is 10.0. The van der Waals surface area contributed by atoms with E-state index in [0.29, 0.717) is 13.0 Å². The van der Waals surface area contributed by atoms with Gasteiger partial charge in [0, 0.05) is 31.1 Å². The Morgan fingerprint density at radius 1 is 1.27 bits per heavy atom. The molecule has 1 amide bonds. The summed E-state index contributed by atoms with van der Waals surface area (Å²) in [5, 5.41) is 6.31. The van der Waals surface area contributed by atoms with E-state index >= 15 is 0 Å². The Hall–Kier alpha value is -2.96. The van der Waals surface area contributed by atoms with E-state index in [9.17, 15) is 9.59 Å². The second-order valence-corrected chi connectivity index (χ2v) is 7.46. The predicted molar refractivity (Wildman–Crippen MR) is 115 cm³/mol. The fourth-order valence-corrected chi connectivity index (χ4v) is 3.59. The number of anilines is 1. The summed E-state index contributed by atoms with van der Waals surface area (Å²) in [6, 6.07) is 7.46. The molecule has 0 bridgehead atoms. The first kappa shape index (κ1) is 21.7. The van der Waals surface area contributed by atoms with E-state index in [1.54, 1.807) is 25.4 Å². The molecule has 1 aliphatic heterocycles. The number of rotatable bonds is 10. The molecule has 0 aromatic carbocycles. The summed E-state index contributed by atoms with van der Waals surface area (Å²) in [4.78, 5) is 33.2. The van der Waals surface area contributed by atoms with Crippen molar-refractivity contribution in [3.63, 3.8) is 0 Å². The quantitative estimate of drug-likeness (QED) is 0.461. The third-order valence-electron chi connectivity index (χ3n) is 5.14. The minimum absolute atomic E-state index is 0.0757. The summed E-state index contributed by atoms with van der Waals surface area (Å²) >= 11 is 0. The molecule has 1 unspecified atom stereocenters. The number of amides is 1. The van der Waals surface area contributed by atoms with E-state index in [0.717, 1.165) is 55.7 Å². The van der Waals surface area contributed by atoms with Crippen molar-refractivity contribution in [3.8, 4) is 0 Å². The lowest BCUT2D eigenvalue weighted by molar-refractivity contribution is -0.143. The standard InChI is InChI=1S/C23H30N4O3/c1-2-30-22(29)15-20(18-8-5-13-24-16-18)27-21(28)10-4-3-9-19-12-11-17-7-6-14-25-23(17)26-19/h5,8,11-13,16,20H,2-4,6-7,9-10,14-15H2,1H3,(H,25,26)(H,27,28). The van der Waals surface area contributed by atoms with E-state index in [1.807, 2.05) is 6.07 Å². The molecular weight excluding hydrogens is 380 g/mol. The van der Waals surface area contributed by atoms with E-state index in [2.05, 4.69) is 27.8 Å². The number of carbonyl (C=O) groups excluding carboxylic acids is 2. The Morgan fingerprint density at radius 3 is 2.97 bits per heavy atom. The van der Waals surface area contributed by atoms with Crippen LogP contribution in [0.3, 0.4) is 0 Å². The van der Waals surface area contributed by atoms with Crippen LogP contribution in [-0.2, 0) is 27.2 Å². The molecule has 7 heteroatoms. The average Bonchev–Trinajstić information content (AvgIpc) is 2.77. The van der Waals surface area contributed by atoms with Crippen molar-refractivity contribution < 1.29 is 14.3 Å². The largest absolute Gasteiger partial charge is 0.466 e. The summed E-state index contributed by atoms with van der Waals surface area (Å²) in [5.41, 5.74) is 3.14. The van der Waals surface area contributed by atoms with Gasteiger partial charge in [0.05, 0.1) is 19.1 Å². The molecule has 2 aromatic rings. The fraction of sp³-hybridized carbons (Fsp3) is 0.478. The monoisotopic (exact) mass is 410 g/mol. The van der Waals surface area contributed by atoms with Crippen LogP contribution in [0.5, 0.6) is 0 Å². The number of aryl methyl sites for hydroxylation is 2. The van der Waals surface area contributed by atoms with Crippen LogP contribution in [0.25, 0.3) is 0 Å². The highest BCUT2D eigenvalue weighted by Gasteiger charge is 2.19. The Labute approximate surface area is 177 Å². The molecule has 1 atom stereocenters. The number of carbonyl (C=O) groups is 2. The number of nitrogens with zero attached hydrogens (tertiary/aromatic N) is 2. The lowest BCUT2D eigenvalue weighted by Crippen LogP contribution is -2.30. The van der Waals surface area contributed by atoms with Gasteiger partial charge in [0.15, 0.2) is 0 Å². The van der Waals surface area contributed by atoms with Crippen LogP contribution >= 0.6 is 0 Å². The molecular formula is C23H30N4O3. The van der Waals surface area contributed by atoms with Crippen LogP contribution < -0.4 is 10.6 Å².